The van der Waals surface area contributed by atoms with Crippen molar-refractivity contribution in [2.45, 2.75) is 26.9 Å². The monoisotopic (exact) mass is 262 g/mol. The molecule has 0 aromatic heterocycles. The summed E-state index contributed by atoms with van der Waals surface area (Å²) in [5.41, 5.74) is -0.400. The summed E-state index contributed by atoms with van der Waals surface area (Å²) in [6, 6.07) is 0. The van der Waals surface area contributed by atoms with Gasteiger partial charge >= 0.3 is 35.5 Å². The molecule has 1 unspecified atom stereocenters. The van der Waals surface area contributed by atoms with E-state index in [0.29, 0.717) is 0 Å². The summed E-state index contributed by atoms with van der Waals surface area (Å²) < 4.78 is 9.55. The molecule has 1 atom stereocenters. The van der Waals surface area contributed by atoms with Crippen molar-refractivity contribution in [1.29, 1.82) is 0 Å². The Morgan fingerprint density at radius 2 is 1.89 bits per heavy atom. The molecule has 0 aliphatic heterocycles. The zero-order chi connectivity index (χ0) is 13.5. The Hall–Kier alpha value is -0.960. The normalized spacial score (nSPS) is 11.8. The Labute approximate surface area is 129 Å². The maximum atomic E-state index is 10.8. The standard InChI is InChI=1S/C12H16O5.Na/c1-12(2,3)9(5-6-10(13)14)17-8-7-11(15)16-4;/h7-9H,1-4H3,(H,13,14);/q;+1/p-1/b8-7+;. The van der Waals surface area contributed by atoms with Crippen molar-refractivity contribution < 1.29 is 53.7 Å². The number of aliphatic carboxylic acids is 1. The Morgan fingerprint density at radius 1 is 1.33 bits per heavy atom. The number of carbonyl (C=O) groups excluding carboxylic acids is 2. The molecule has 0 amide bonds. The quantitative estimate of drug-likeness (QED) is 0.177. The number of rotatable bonds is 3. The first-order valence-electron chi connectivity index (χ1n) is 4.90. The summed E-state index contributed by atoms with van der Waals surface area (Å²) in [6.45, 7) is 5.48. The molecule has 0 fully saturated rings. The molecular weight excluding hydrogens is 247 g/mol. The van der Waals surface area contributed by atoms with E-state index in [9.17, 15) is 14.7 Å². The Bertz CT molecular complexity index is 370. The number of hydrogen-bond donors (Lipinski definition) is 0. The predicted octanol–water partition coefficient (Wildman–Crippen LogP) is -3.14. The van der Waals surface area contributed by atoms with Crippen molar-refractivity contribution in [2.75, 3.05) is 7.11 Å². The first kappa shape index (κ1) is 19.4. The first-order chi connectivity index (χ1) is 7.77. The van der Waals surface area contributed by atoms with Gasteiger partial charge in [0.05, 0.1) is 19.4 Å². The van der Waals surface area contributed by atoms with Crippen molar-refractivity contribution in [1.82, 2.24) is 0 Å². The van der Waals surface area contributed by atoms with Crippen molar-refractivity contribution >= 4 is 11.9 Å². The maximum Gasteiger partial charge on any atom is 1.00 e. The van der Waals surface area contributed by atoms with Gasteiger partial charge in [0.25, 0.3) is 0 Å². The third-order valence-corrected chi connectivity index (χ3v) is 1.71. The van der Waals surface area contributed by atoms with Crippen LogP contribution in [0.1, 0.15) is 20.8 Å². The third-order valence-electron chi connectivity index (χ3n) is 1.71. The molecule has 0 rings (SSSR count). The van der Waals surface area contributed by atoms with Crippen LogP contribution in [0, 0.1) is 17.3 Å². The summed E-state index contributed by atoms with van der Waals surface area (Å²) in [4.78, 5) is 21.0. The second-order valence-corrected chi connectivity index (χ2v) is 4.26. The second-order valence-electron chi connectivity index (χ2n) is 4.26. The van der Waals surface area contributed by atoms with Crippen LogP contribution >= 0.6 is 0 Å². The molecule has 0 saturated heterocycles. The van der Waals surface area contributed by atoms with E-state index in [1.165, 1.54) is 7.11 Å². The molecule has 0 bridgehead atoms. The average Bonchev–Trinajstić information content (AvgIpc) is 2.20. The number of methoxy groups -OCH3 is 1. The molecule has 0 aromatic carbocycles. The molecule has 0 aliphatic rings. The average molecular weight is 262 g/mol. The van der Waals surface area contributed by atoms with E-state index in [1.807, 2.05) is 26.7 Å². The van der Waals surface area contributed by atoms with Gasteiger partial charge in [-0.3, -0.25) is 0 Å². The van der Waals surface area contributed by atoms with Crippen LogP contribution in [0.3, 0.4) is 0 Å². The minimum absolute atomic E-state index is 0. The molecule has 0 spiro atoms. The Kier molecular flexibility index (Phi) is 9.73. The van der Waals surface area contributed by atoms with Crippen molar-refractivity contribution in [3.8, 4) is 11.8 Å². The van der Waals surface area contributed by atoms with Gasteiger partial charge in [0.15, 0.2) is 6.10 Å². The fourth-order valence-electron chi connectivity index (χ4n) is 0.821. The summed E-state index contributed by atoms with van der Waals surface area (Å²) in [7, 11) is 1.24. The summed E-state index contributed by atoms with van der Waals surface area (Å²) in [5, 5.41) is 10.2. The van der Waals surface area contributed by atoms with Gasteiger partial charge < -0.3 is 19.4 Å². The summed E-state index contributed by atoms with van der Waals surface area (Å²) in [6.07, 6.45) is 1.55. The van der Waals surface area contributed by atoms with Crippen LogP contribution in [0.4, 0.5) is 0 Å². The fraction of sp³-hybridized carbons (Fsp3) is 0.500. The van der Waals surface area contributed by atoms with E-state index in [-0.39, 0.29) is 29.6 Å². The molecule has 0 saturated carbocycles. The molecule has 0 radical (unpaired) electrons. The van der Waals surface area contributed by atoms with E-state index in [2.05, 4.69) is 10.7 Å². The summed E-state index contributed by atoms with van der Waals surface area (Å²) >= 11 is 0. The molecular formula is C12H15NaO5. The van der Waals surface area contributed by atoms with Gasteiger partial charge in [-0.05, 0) is 5.92 Å². The van der Waals surface area contributed by atoms with Gasteiger partial charge in [-0.2, -0.15) is 0 Å². The van der Waals surface area contributed by atoms with Crippen LogP contribution in [0.25, 0.3) is 0 Å². The first-order valence-corrected chi connectivity index (χ1v) is 4.90. The zero-order valence-corrected chi connectivity index (χ0v) is 13.3. The number of carboxylic acid groups (broad SMARTS) is 1. The van der Waals surface area contributed by atoms with Crippen LogP contribution in [-0.4, -0.2) is 25.2 Å². The molecule has 94 valence electrons. The Morgan fingerprint density at radius 3 is 2.28 bits per heavy atom. The molecule has 6 heteroatoms. The van der Waals surface area contributed by atoms with Crippen LogP contribution in [-0.2, 0) is 19.1 Å². The minimum Gasteiger partial charge on any atom is -0.537 e. The predicted molar refractivity (Wildman–Crippen MR) is 58.3 cm³/mol. The van der Waals surface area contributed by atoms with E-state index < -0.39 is 23.5 Å². The molecule has 0 aliphatic carbocycles. The largest absolute Gasteiger partial charge is 1.00 e. The molecule has 18 heavy (non-hydrogen) atoms. The molecule has 0 aromatic rings. The van der Waals surface area contributed by atoms with E-state index in [0.717, 1.165) is 12.3 Å². The van der Waals surface area contributed by atoms with Crippen LogP contribution in [0.15, 0.2) is 12.3 Å². The topological polar surface area (TPSA) is 75.7 Å². The van der Waals surface area contributed by atoms with Gasteiger partial charge in [0, 0.05) is 5.41 Å². The van der Waals surface area contributed by atoms with Crippen LogP contribution in [0.5, 0.6) is 0 Å². The van der Waals surface area contributed by atoms with Crippen molar-refractivity contribution in [3.05, 3.63) is 12.3 Å². The van der Waals surface area contributed by atoms with Gasteiger partial charge in [0.1, 0.15) is 5.97 Å². The van der Waals surface area contributed by atoms with Crippen molar-refractivity contribution in [2.24, 2.45) is 5.41 Å². The number of carboxylic acids is 1. The number of ether oxygens (including phenoxy) is 2. The van der Waals surface area contributed by atoms with Crippen LogP contribution < -0.4 is 34.7 Å². The molecule has 0 heterocycles. The van der Waals surface area contributed by atoms with E-state index in [1.54, 1.807) is 0 Å². The van der Waals surface area contributed by atoms with Crippen molar-refractivity contribution in [3.63, 3.8) is 0 Å². The van der Waals surface area contributed by atoms with E-state index >= 15 is 0 Å². The maximum absolute atomic E-state index is 10.8. The Balaban J connectivity index is 0. The number of carbonyl (C=O) groups is 2. The third kappa shape index (κ3) is 9.11. The van der Waals surface area contributed by atoms with Gasteiger partial charge in [-0.15, -0.1) is 0 Å². The fourth-order valence-corrected chi connectivity index (χ4v) is 0.821. The SMILES string of the molecule is COC(=O)/C=C/OC(C#CC(=O)[O-])C(C)(C)C.[Na+]. The second kappa shape index (κ2) is 9.03. The molecule has 0 N–H and O–H groups in total. The van der Waals surface area contributed by atoms with Gasteiger partial charge in [0.2, 0.25) is 0 Å². The summed E-state index contributed by atoms with van der Waals surface area (Å²) in [5.74, 6) is 2.26. The minimum atomic E-state index is -1.47. The number of hydrogen-bond acceptors (Lipinski definition) is 5. The number of esters is 1. The van der Waals surface area contributed by atoms with Gasteiger partial charge in [-0.1, -0.05) is 26.7 Å². The zero-order valence-electron chi connectivity index (χ0n) is 11.3. The van der Waals surface area contributed by atoms with Gasteiger partial charge in [-0.25, -0.2) is 4.79 Å². The smallest absolute Gasteiger partial charge is 0.537 e. The van der Waals surface area contributed by atoms with Crippen LogP contribution in [0.2, 0.25) is 0 Å². The van der Waals surface area contributed by atoms with E-state index in [4.69, 9.17) is 4.74 Å². The molecule has 5 nitrogen and oxygen atoms in total.